The Hall–Kier alpha value is -1.40. The lowest BCUT2D eigenvalue weighted by atomic mass is 9.85. The minimum atomic E-state index is 0.00238. The molecule has 1 aliphatic carbocycles. The second-order valence-corrected chi connectivity index (χ2v) is 7.21. The SMILES string of the molecule is CC(=O)NC[C@H]1CN(Cc2cn(C)nc2C2CCCCC2)CCO1. The molecule has 1 amide bonds. The summed E-state index contributed by atoms with van der Waals surface area (Å²) in [5.74, 6) is 0.633. The van der Waals surface area contributed by atoms with Crippen LogP contribution in [0.3, 0.4) is 0 Å². The monoisotopic (exact) mass is 334 g/mol. The van der Waals surface area contributed by atoms with E-state index in [1.54, 1.807) is 6.92 Å². The fraction of sp³-hybridized carbons (Fsp3) is 0.778. The number of carbonyl (C=O) groups is 1. The maximum Gasteiger partial charge on any atom is 0.216 e. The molecule has 0 unspecified atom stereocenters. The van der Waals surface area contributed by atoms with Crippen molar-refractivity contribution in [2.45, 2.75) is 57.6 Å². The average molecular weight is 334 g/mol. The van der Waals surface area contributed by atoms with Crippen LogP contribution in [0.1, 0.15) is 56.2 Å². The second-order valence-electron chi connectivity index (χ2n) is 7.21. The van der Waals surface area contributed by atoms with Gasteiger partial charge in [-0.1, -0.05) is 19.3 Å². The van der Waals surface area contributed by atoms with Gasteiger partial charge < -0.3 is 10.1 Å². The van der Waals surface area contributed by atoms with Crippen molar-refractivity contribution in [1.29, 1.82) is 0 Å². The molecule has 1 N–H and O–H groups in total. The highest BCUT2D eigenvalue weighted by Crippen LogP contribution is 2.33. The highest BCUT2D eigenvalue weighted by atomic mass is 16.5. The molecule has 2 aliphatic rings. The zero-order valence-corrected chi connectivity index (χ0v) is 15.0. The summed E-state index contributed by atoms with van der Waals surface area (Å²) in [5.41, 5.74) is 2.67. The van der Waals surface area contributed by atoms with E-state index in [-0.39, 0.29) is 12.0 Å². The first kappa shape index (κ1) is 17.4. The van der Waals surface area contributed by atoms with Crippen LogP contribution in [0.4, 0.5) is 0 Å². The predicted octanol–water partition coefficient (Wildman–Crippen LogP) is 1.80. The molecule has 1 atom stereocenters. The topological polar surface area (TPSA) is 59.4 Å². The van der Waals surface area contributed by atoms with Gasteiger partial charge in [0.25, 0.3) is 0 Å². The van der Waals surface area contributed by atoms with Crippen molar-refractivity contribution >= 4 is 5.91 Å². The fourth-order valence-corrected chi connectivity index (χ4v) is 3.94. The van der Waals surface area contributed by atoms with Crippen LogP contribution < -0.4 is 5.32 Å². The van der Waals surface area contributed by atoms with Crippen molar-refractivity contribution in [2.24, 2.45) is 7.05 Å². The molecule has 2 heterocycles. The number of aromatic nitrogens is 2. The van der Waals surface area contributed by atoms with Crippen molar-refractivity contribution < 1.29 is 9.53 Å². The first-order valence-corrected chi connectivity index (χ1v) is 9.22. The standard InChI is InChI=1S/C18H30N4O2/c1-14(23)19-10-17-13-22(8-9-24-17)12-16-11-21(2)20-18(16)15-6-4-3-5-7-15/h11,15,17H,3-10,12-13H2,1-2H3,(H,19,23)/t17-/m0/s1. The molecule has 2 fully saturated rings. The van der Waals surface area contributed by atoms with Gasteiger partial charge in [-0.2, -0.15) is 5.10 Å². The van der Waals surface area contributed by atoms with E-state index in [4.69, 9.17) is 9.84 Å². The Balaban J connectivity index is 1.61. The molecule has 1 aromatic heterocycles. The van der Waals surface area contributed by atoms with E-state index < -0.39 is 0 Å². The van der Waals surface area contributed by atoms with Gasteiger partial charge in [0.05, 0.1) is 18.4 Å². The number of aryl methyl sites for hydroxylation is 1. The molecule has 24 heavy (non-hydrogen) atoms. The van der Waals surface area contributed by atoms with Crippen LogP contribution >= 0.6 is 0 Å². The first-order valence-electron chi connectivity index (χ1n) is 9.22. The molecule has 1 aromatic rings. The molecule has 0 radical (unpaired) electrons. The minimum absolute atomic E-state index is 0.00238. The van der Waals surface area contributed by atoms with Crippen molar-refractivity contribution in [1.82, 2.24) is 20.0 Å². The molecular weight excluding hydrogens is 304 g/mol. The molecule has 0 bridgehead atoms. The molecule has 134 valence electrons. The molecule has 0 aromatic carbocycles. The molecule has 6 heteroatoms. The Kier molecular flexibility index (Phi) is 5.89. The van der Waals surface area contributed by atoms with Crippen molar-refractivity contribution in [2.75, 3.05) is 26.2 Å². The van der Waals surface area contributed by atoms with Gasteiger partial charge in [-0.05, 0) is 12.8 Å². The third-order valence-electron chi connectivity index (χ3n) is 5.12. The Bertz CT molecular complexity index is 551. The zero-order valence-electron chi connectivity index (χ0n) is 15.0. The van der Waals surface area contributed by atoms with Crippen LogP contribution in [0, 0.1) is 0 Å². The van der Waals surface area contributed by atoms with E-state index in [2.05, 4.69) is 16.4 Å². The Morgan fingerprint density at radius 1 is 1.38 bits per heavy atom. The summed E-state index contributed by atoms with van der Waals surface area (Å²) >= 11 is 0. The zero-order chi connectivity index (χ0) is 16.9. The van der Waals surface area contributed by atoms with Crippen molar-refractivity contribution in [3.05, 3.63) is 17.5 Å². The van der Waals surface area contributed by atoms with Gasteiger partial charge in [0.2, 0.25) is 5.91 Å². The maximum atomic E-state index is 11.1. The predicted molar refractivity (Wildman–Crippen MR) is 92.7 cm³/mol. The van der Waals surface area contributed by atoms with Crippen LogP contribution in [0.15, 0.2) is 6.20 Å². The van der Waals surface area contributed by atoms with Gasteiger partial charge in [-0.3, -0.25) is 14.4 Å². The van der Waals surface area contributed by atoms with E-state index >= 15 is 0 Å². The van der Waals surface area contributed by atoms with Gasteiger partial charge in [0, 0.05) is 57.8 Å². The summed E-state index contributed by atoms with van der Waals surface area (Å²) in [5, 5.41) is 7.64. The molecule has 1 saturated carbocycles. The largest absolute Gasteiger partial charge is 0.374 e. The molecular formula is C18H30N4O2. The highest BCUT2D eigenvalue weighted by Gasteiger charge is 2.25. The summed E-state index contributed by atoms with van der Waals surface area (Å²) < 4.78 is 7.74. The number of carbonyl (C=O) groups excluding carboxylic acids is 1. The van der Waals surface area contributed by atoms with E-state index in [9.17, 15) is 4.79 Å². The highest BCUT2D eigenvalue weighted by molar-refractivity contribution is 5.72. The van der Waals surface area contributed by atoms with Crippen LogP contribution in [-0.4, -0.2) is 52.9 Å². The van der Waals surface area contributed by atoms with Gasteiger partial charge in [-0.15, -0.1) is 0 Å². The van der Waals surface area contributed by atoms with E-state index in [0.29, 0.717) is 12.5 Å². The van der Waals surface area contributed by atoms with Crippen LogP contribution in [0.25, 0.3) is 0 Å². The van der Waals surface area contributed by atoms with Gasteiger partial charge in [0.1, 0.15) is 0 Å². The molecule has 3 rings (SSSR count). The normalized spacial score (nSPS) is 23.3. The Morgan fingerprint density at radius 2 is 2.17 bits per heavy atom. The van der Waals surface area contributed by atoms with Crippen molar-refractivity contribution in [3.63, 3.8) is 0 Å². The summed E-state index contributed by atoms with van der Waals surface area (Å²) in [7, 11) is 2.02. The number of rotatable bonds is 5. The average Bonchev–Trinajstić information content (AvgIpc) is 2.94. The van der Waals surface area contributed by atoms with E-state index in [0.717, 1.165) is 26.2 Å². The number of hydrogen-bond donors (Lipinski definition) is 1. The van der Waals surface area contributed by atoms with E-state index in [1.807, 2.05) is 11.7 Å². The number of nitrogens with one attached hydrogen (secondary N) is 1. The quantitative estimate of drug-likeness (QED) is 0.892. The van der Waals surface area contributed by atoms with Crippen molar-refractivity contribution in [3.8, 4) is 0 Å². The third kappa shape index (κ3) is 4.57. The lowest BCUT2D eigenvalue weighted by molar-refractivity contribution is -0.120. The first-order chi connectivity index (χ1) is 11.6. The number of nitrogens with zero attached hydrogens (tertiary/aromatic N) is 3. The minimum Gasteiger partial charge on any atom is -0.374 e. The second kappa shape index (κ2) is 8.12. The lowest BCUT2D eigenvalue weighted by Gasteiger charge is -2.33. The smallest absolute Gasteiger partial charge is 0.216 e. The lowest BCUT2D eigenvalue weighted by Crippen LogP contribution is -2.46. The number of morpholine rings is 1. The number of amides is 1. The van der Waals surface area contributed by atoms with E-state index in [1.165, 1.54) is 43.4 Å². The summed E-state index contributed by atoms with van der Waals surface area (Å²) in [4.78, 5) is 13.5. The molecule has 6 nitrogen and oxygen atoms in total. The number of hydrogen-bond acceptors (Lipinski definition) is 4. The van der Waals surface area contributed by atoms with Crippen LogP contribution in [0.2, 0.25) is 0 Å². The molecule has 1 aliphatic heterocycles. The summed E-state index contributed by atoms with van der Waals surface area (Å²) in [6.07, 6.45) is 8.84. The molecule has 0 spiro atoms. The third-order valence-corrected chi connectivity index (χ3v) is 5.12. The van der Waals surface area contributed by atoms with Gasteiger partial charge >= 0.3 is 0 Å². The van der Waals surface area contributed by atoms with Gasteiger partial charge in [-0.25, -0.2) is 0 Å². The molecule has 1 saturated heterocycles. The Morgan fingerprint density at radius 3 is 2.92 bits per heavy atom. The summed E-state index contributed by atoms with van der Waals surface area (Å²) in [6.45, 7) is 5.60. The Labute approximate surface area is 144 Å². The van der Waals surface area contributed by atoms with Gasteiger partial charge in [0.15, 0.2) is 0 Å². The van der Waals surface area contributed by atoms with Crippen LogP contribution in [-0.2, 0) is 23.1 Å². The van der Waals surface area contributed by atoms with Crippen LogP contribution in [0.5, 0.6) is 0 Å². The fourth-order valence-electron chi connectivity index (χ4n) is 3.94. The maximum absolute atomic E-state index is 11.1. The number of ether oxygens (including phenoxy) is 1. The summed E-state index contributed by atoms with van der Waals surface area (Å²) in [6, 6.07) is 0.